The molecular weight excluding hydrogens is 298 g/mol. The normalized spacial score (nSPS) is 26.3. The van der Waals surface area contributed by atoms with Gasteiger partial charge in [-0.2, -0.15) is 0 Å². The van der Waals surface area contributed by atoms with Gasteiger partial charge in [-0.3, -0.25) is 4.79 Å². The summed E-state index contributed by atoms with van der Waals surface area (Å²) in [6.07, 6.45) is 4.80. The Morgan fingerprint density at radius 3 is 2.65 bits per heavy atom. The van der Waals surface area contributed by atoms with Crippen LogP contribution in [-0.4, -0.2) is 50.1 Å². The number of isocyanates is 1. The molecular formula is C17H29NO5. The number of aliphatic hydroxyl groups excluding tert-OH is 1. The van der Waals surface area contributed by atoms with E-state index in [1.165, 1.54) is 0 Å². The predicted molar refractivity (Wildman–Crippen MR) is 85.7 cm³/mol. The Morgan fingerprint density at radius 2 is 2.00 bits per heavy atom. The maximum absolute atomic E-state index is 12.0. The van der Waals surface area contributed by atoms with Crippen LogP contribution in [0.4, 0.5) is 0 Å². The number of ether oxygens (including phenoxy) is 2. The van der Waals surface area contributed by atoms with E-state index < -0.39 is 0 Å². The van der Waals surface area contributed by atoms with E-state index in [-0.39, 0.29) is 42.5 Å². The molecule has 23 heavy (non-hydrogen) atoms. The summed E-state index contributed by atoms with van der Waals surface area (Å²) in [5.41, 5.74) is 0.0366. The van der Waals surface area contributed by atoms with Crippen molar-refractivity contribution in [1.82, 2.24) is 0 Å². The topological polar surface area (TPSA) is 85.2 Å². The summed E-state index contributed by atoms with van der Waals surface area (Å²) >= 11 is 0. The molecule has 1 N–H and O–H groups in total. The minimum absolute atomic E-state index is 0.0348. The average molecular weight is 327 g/mol. The van der Waals surface area contributed by atoms with Crippen LogP contribution < -0.4 is 0 Å². The Bertz CT molecular complexity index is 431. The number of aliphatic hydroxyl groups is 1. The molecule has 0 aromatic rings. The zero-order valence-corrected chi connectivity index (χ0v) is 14.5. The molecule has 6 heteroatoms. The highest BCUT2D eigenvalue weighted by Crippen LogP contribution is 2.49. The molecule has 1 rings (SSSR count). The third-order valence-corrected chi connectivity index (χ3v) is 4.24. The smallest absolute Gasteiger partial charge is 0.306 e. The monoisotopic (exact) mass is 327 g/mol. The van der Waals surface area contributed by atoms with Crippen molar-refractivity contribution in [2.24, 2.45) is 21.7 Å². The van der Waals surface area contributed by atoms with Crippen LogP contribution in [0.1, 0.15) is 46.5 Å². The van der Waals surface area contributed by atoms with E-state index in [1.807, 2.05) is 0 Å². The van der Waals surface area contributed by atoms with E-state index in [9.17, 15) is 9.59 Å². The molecule has 0 amide bonds. The van der Waals surface area contributed by atoms with Gasteiger partial charge in [0, 0.05) is 6.42 Å². The Kier molecular flexibility index (Phi) is 7.89. The summed E-state index contributed by atoms with van der Waals surface area (Å²) in [6, 6.07) is 0. The second-order valence-corrected chi connectivity index (χ2v) is 7.59. The van der Waals surface area contributed by atoms with Gasteiger partial charge in [0.1, 0.15) is 6.61 Å². The lowest BCUT2D eigenvalue weighted by Gasteiger charge is -2.45. The zero-order chi connectivity index (χ0) is 17.3. The number of aliphatic imine (C=N–C) groups is 1. The maximum atomic E-state index is 12.0. The molecule has 0 radical (unpaired) electrons. The first-order valence-corrected chi connectivity index (χ1v) is 8.18. The molecule has 6 nitrogen and oxygen atoms in total. The van der Waals surface area contributed by atoms with Crippen molar-refractivity contribution >= 4 is 12.0 Å². The molecule has 0 spiro atoms. The van der Waals surface area contributed by atoms with Gasteiger partial charge in [0.2, 0.25) is 6.08 Å². The lowest BCUT2D eigenvalue weighted by atomic mass is 9.60. The van der Waals surface area contributed by atoms with E-state index >= 15 is 0 Å². The SMILES string of the molecule is CC1(C)CC(CC(=O)OCCOCCO)CC(C)(CN=C=O)C1. The van der Waals surface area contributed by atoms with Gasteiger partial charge in [0.15, 0.2) is 0 Å². The third kappa shape index (κ3) is 7.73. The second kappa shape index (κ2) is 9.16. The molecule has 1 aliphatic carbocycles. The number of rotatable bonds is 9. The third-order valence-electron chi connectivity index (χ3n) is 4.24. The Labute approximate surface area is 138 Å². The lowest BCUT2D eigenvalue weighted by molar-refractivity contribution is -0.147. The summed E-state index contributed by atoms with van der Waals surface area (Å²) in [7, 11) is 0. The van der Waals surface area contributed by atoms with Gasteiger partial charge in [-0.05, 0) is 36.0 Å². The van der Waals surface area contributed by atoms with Crippen molar-refractivity contribution in [3.63, 3.8) is 0 Å². The maximum Gasteiger partial charge on any atom is 0.306 e. The van der Waals surface area contributed by atoms with Gasteiger partial charge in [-0.1, -0.05) is 20.8 Å². The molecule has 2 unspecified atom stereocenters. The summed E-state index contributed by atoms with van der Waals surface area (Å²) in [6.45, 7) is 7.69. The number of esters is 1. The second-order valence-electron chi connectivity index (χ2n) is 7.59. The molecule has 0 bridgehead atoms. The summed E-state index contributed by atoms with van der Waals surface area (Å²) in [5, 5.41) is 8.59. The van der Waals surface area contributed by atoms with E-state index in [1.54, 1.807) is 6.08 Å². The van der Waals surface area contributed by atoms with Crippen LogP contribution in [-0.2, 0) is 19.1 Å². The van der Waals surface area contributed by atoms with Gasteiger partial charge < -0.3 is 14.6 Å². The molecule has 1 aliphatic rings. The number of hydrogen-bond acceptors (Lipinski definition) is 6. The van der Waals surface area contributed by atoms with Crippen molar-refractivity contribution in [3.05, 3.63) is 0 Å². The van der Waals surface area contributed by atoms with Crippen LogP contribution in [0.2, 0.25) is 0 Å². The van der Waals surface area contributed by atoms with Gasteiger partial charge in [0.25, 0.3) is 0 Å². The number of carbonyl (C=O) groups is 1. The van der Waals surface area contributed by atoms with Crippen LogP contribution >= 0.6 is 0 Å². The lowest BCUT2D eigenvalue weighted by Crippen LogP contribution is -2.38. The van der Waals surface area contributed by atoms with E-state index in [2.05, 4.69) is 25.8 Å². The summed E-state index contributed by atoms with van der Waals surface area (Å²) in [5.74, 6) is 0.0120. The number of carbonyl (C=O) groups excluding carboxylic acids is 2. The van der Waals surface area contributed by atoms with E-state index in [0.717, 1.165) is 19.3 Å². The Hall–Kier alpha value is -1.23. The number of nitrogens with zero attached hydrogens (tertiary/aromatic N) is 1. The Morgan fingerprint density at radius 1 is 1.26 bits per heavy atom. The molecule has 132 valence electrons. The van der Waals surface area contributed by atoms with Crippen LogP contribution in [0.5, 0.6) is 0 Å². The van der Waals surface area contributed by atoms with Gasteiger partial charge in [-0.15, -0.1) is 0 Å². The fourth-order valence-corrected chi connectivity index (χ4v) is 4.01. The van der Waals surface area contributed by atoms with Gasteiger partial charge in [0.05, 0.1) is 26.4 Å². The molecule has 1 saturated carbocycles. The summed E-state index contributed by atoms with van der Waals surface area (Å²) in [4.78, 5) is 26.1. The van der Waals surface area contributed by atoms with Crippen LogP contribution in [0, 0.1) is 16.7 Å². The predicted octanol–water partition coefficient (Wildman–Crippen LogP) is 2.10. The highest BCUT2D eigenvalue weighted by molar-refractivity contribution is 5.69. The van der Waals surface area contributed by atoms with Crippen molar-refractivity contribution in [1.29, 1.82) is 0 Å². The van der Waals surface area contributed by atoms with Crippen molar-refractivity contribution in [3.8, 4) is 0 Å². The molecule has 0 saturated heterocycles. The molecule has 0 aliphatic heterocycles. The van der Waals surface area contributed by atoms with E-state index in [4.69, 9.17) is 14.6 Å². The first-order valence-electron chi connectivity index (χ1n) is 8.18. The van der Waals surface area contributed by atoms with Crippen LogP contribution in [0.25, 0.3) is 0 Å². The fourth-order valence-electron chi connectivity index (χ4n) is 4.01. The highest BCUT2D eigenvalue weighted by atomic mass is 16.6. The molecule has 0 aromatic carbocycles. The standard InChI is InChI=1S/C17H29NO5/c1-16(2)9-14(10-17(3,11-16)12-18-13-20)8-15(21)23-7-6-22-5-4-19/h14,19H,4-12H2,1-3H3. The largest absolute Gasteiger partial charge is 0.463 e. The van der Waals surface area contributed by atoms with Gasteiger partial charge in [-0.25, -0.2) is 9.79 Å². The minimum Gasteiger partial charge on any atom is -0.463 e. The first kappa shape index (κ1) is 19.8. The molecule has 2 atom stereocenters. The molecule has 1 fully saturated rings. The molecule has 0 heterocycles. The molecule has 0 aromatic heterocycles. The number of hydrogen-bond donors (Lipinski definition) is 1. The van der Waals surface area contributed by atoms with E-state index in [0.29, 0.717) is 19.6 Å². The van der Waals surface area contributed by atoms with Crippen molar-refractivity contribution < 1.29 is 24.2 Å². The van der Waals surface area contributed by atoms with Crippen molar-refractivity contribution in [2.45, 2.75) is 46.5 Å². The first-order chi connectivity index (χ1) is 10.8. The average Bonchev–Trinajstić information content (AvgIpc) is 2.42. The Balaban J connectivity index is 2.48. The van der Waals surface area contributed by atoms with Crippen LogP contribution in [0.15, 0.2) is 4.99 Å². The zero-order valence-electron chi connectivity index (χ0n) is 14.5. The fraction of sp³-hybridized carbons (Fsp3) is 0.882. The highest BCUT2D eigenvalue weighted by Gasteiger charge is 2.41. The quantitative estimate of drug-likeness (QED) is 0.303. The van der Waals surface area contributed by atoms with Crippen molar-refractivity contribution in [2.75, 3.05) is 33.0 Å². The summed E-state index contributed by atoms with van der Waals surface area (Å²) < 4.78 is 10.2. The van der Waals surface area contributed by atoms with Gasteiger partial charge >= 0.3 is 5.97 Å². The minimum atomic E-state index is -0.221. The van der Waals surface area contributed by atoms with Crippen LogP contribution in [0.3, 0.4) is 0 Å².